The number of carbonyl (C=O) groups excluding carboxylic acids is 1. The minimum absolute atomic E-state index is 0.132. The molecule has 4 aliphatic carbocycles. The molecule has 0 bridgehead atoms. The monoisotopic (exact) mass is 442 g/mol. The number of hydrogen-bond donors (Lipinski definition) is 0. The minimum atomic E-state index is -0.181. The average Bonchev–Trinajstić information content (AvgIpc) is 3.49. The van der Waals surface area contributed by atoms with Crippen LogP contribution >= 0.6 is 0 Å². The van der Waals surface area contributed by atoms with Gasteiger partial charge in [-0.2, -0.15) is 0 Å². The highest BCUT2D eigenvalue weighted by Gasteiger charge is 2.64. The maximum absolute atomic E-state index is 12.6. The van der Waals surface area contributed by atoms with Crippen molar-refractivity contribution in [2.75, 3.05) is 33.9 Å². The number of allylic oxidation sites excluding steroid dienone is 1. The Labute approximate surface area is 193 Å². The Morgan fingerprint density at radius 1 is 1.22 bits per heavy atom. The van der Waals surface area contributed by atoms with Crippen LogP contribution in [0.15, 0.2) is 11.6 Å². The van der Waals surface area contributed by atoms with Crippen molar-refractivity contribution in [3.8, 4) is 0 Å². The van der Waals surface area contributed by atoms with E-state index in [-0.39, 0.29) is 18.2 Å². The van der Waals surface area contributed by atoms with E-state index in [2.05, 4.69) is 31.9 Å². The maximum Gasteiger partial charge on any atom is 0.409 e. The van der Waals surface area contributed by atoms with Crippen LogP contribution < -0.4 is 0 Å². The molecule has 178 valence electrons. The van der Waals surface area contributed by atoms with Crippen molar-refractivity contribution in [3.63, 3.8) is 0 Å². The molecule has 6 aliphatic rings. The third kappa shape index (κ3) is 3.06. The zero-order valence-electron chi connectivity index (χ0n) is 20.5. The molecule has 2 heterocycles. The van der Waals surface area contributed by atoms with Gasteiger partial charge in [-0.1, -0.05) is 18.6 Å². The lowest BCUT2D eigenvalue weighted by Crippen LogP contribution is -2.53. The lowest BCUT2D eigenvalue weighted by Gasteiger charge is -2.58. The summed E-state index contributed by atoms with van der Waals surface area (Å²) in [5.74, 6) is 3.56. The molecule has 0 radical (unpaired) electrons. The van der Waals surface area contributed by atoms with Crippen molar-refractivity contribution in [1.29, 1.82) is 0 Å². The van der Waals surface area contributed by atoms with E-state index in [1.807, 2.05) is 11.9 Å². The van der Waals surface area contributed by atoms with Crippen LogP contribution in [0.3, 0.4) is 0 Å². The van der Waals surface area contributed by atoms with Gasteiger partial charge in [0.15, 0.2) is 0 Å². The van der Waals surface area contributed by atoms with Gasteiger partial charge in [-0.15, -0.1) is 0 Å². The Hall–Kier alpha value is -1.07. The molecule has 6 rings (SSSR count). The lowest BCUT2D eigenvalue weighted by molar-refractivity contribution is -0.0435. The fraction of sp³-hybridized carbons (Fsp3) is 0.889. The van der Waals surface area contributed by atoms with Crippen LogP contribution in [-0.4, -0.2) is 67.9 Å². The van der Waals surface area contributed by atoms with Crippen molar-refractivity contribution in [2.24, 2.45) is 34.5 Å². The van der Waals surface area contributed by atoms with E-state index in [0.717, 1.165) is 49.2 Å². The van der Waals surface area contributed by atoms with Gasteiger partial charge in [-0.25, -0.2) is 4.79 Å². The number of epoxide rings is 1. The van der Waals surface area contributed by atoms with E-state index in [1.165, 1.54) is 45.1 Å². The molecule has 9 atom stereocenters. The first kappa shape index (κ1) is 21.5. The highest BCUT2D eigenvalue weighted by atomic mass is 16.6. The highest BCUT2D eigenvalue weighted by molar-refractivity contribution is 5.67. The van der Waals surface area contributed by atoms with Crippen LogP contribution in [0.5, 0.6) is 0 Å². The van der Waals surface area contributed by atoms with Crippen molar-refractivity contribution in [3.05, 3.63) is 11.6 Å². The van der Waals surface area contributed by atoms with E-state index in [0.29, 0.717) is 17.4 Å². The summed E-state index contributed by atoms with van der Waals surface area (Å²) in [4.78, 5) is 17.1. The Kier molecular flexibility index (Phi) is 5.01. The molecule has 5 fully saturated rings. The number of fused-ring (bicyclic) bond motifs is 4. The molecule has 0 aromatic heterocycles. The molecular formula is C27H42N2O3. The van der Waals surface area contributed by atoms with E-state index >= 15 is 0 Å². The molecule has 32 heavy (non-hydrogen) atoms. The van der Waals surface area contributed by atoms with Crippen molar-refractivity contribution in [1.82, 2.24) is 9.80 Å². The maximum atomic E-state index is 12.6. The summed E-state index contributed by atoms with van der Waals surface area (Å²) in [5, 5.41) is 0. The summed E-state index contributed by atoms with van der Waals surface area (Å²) >= 11 is 0. The van der Waals surface area contributed by atoms with Gasteiger partial charge in [-0.3, -0.25) is 0 Å². The van der Waals surface area contributed by atoms with E-state index in [4.69, 9.17) is 9.47 Å². The Morgan fingerprint density at radius 3 is 2.78 bits per heavy atom. The second kappa shape index (κ2) is 7.46. The Balaban J connectivity index is 1.18. The number of hydrogen-bond acceptors (Lipinski definition) is 4. The number of likely N-dealkylation sites (tertiary alicyclic amines) is 1. The number of nitrogens with zero attached hydrogens (tertiary/aromatic N) is 2. The van der Waals surface area contributed by atoms with Crippen LogP contribution in [0.2, 0.25) is 0 Å². The number of carbonyl (C=O) groups is 1. The number of rotatable bonds is 3. The smallest absolute Gasteiger partial charge is 0.409 e. The number of ether oxygens (including phenoxy) is 2. The predicted molar refractivity (Wildman–Crippen MR) is 124 cm³/mol. The molecule has 2 saturated heterocycles. The summed E-state index contributed by atoms with van der Waals surface area (Å²) in [6.07, 6.45) is 13.0. The van der Waals surface area contributed by atoms with Crippen molar-refractivity contribution < 1.29 is 14.3 Å². The summed E-state index contributed by atoms with van der Waals surface area (Å²) < 4.78 is 10.6. The quantitative estimate of drug-likeness (QED) is 0.469. The molecule has 2 aliphatic heterocycles. The molecule has 3 saturated carbocycles. The SMILES string of the molecule is C[C@H]1[C@H]2CC[C@H]3[C@@H]4CC=C5C[C@@H](N(C)C(=O)OCC6CO6)CC[C@]5(C)[C@H]4CCC23CN1C. The van der Waals surface area contributed by atoms with Crippen molar-refractivity contribution in [2.45, 2.75) is 83.4 Å². The molecule has 0 aromatic carbocycles. The largest absolute Gasteiger partial charge is 0.447 e. The Bertz CT molecular complexity index is 809. The second-order valence-electron chi connectivity index (χ2n) is 12.4. The summed E-state index contributed by atoms with van der Waals surface area (Å²) in [7, 11) is 4.29. The molecule has 1 amide bonds. The molecule has 5 nitrogen and oxygen atoms in total. The topological polar surface area (TPSA) is 45.3 Å². The normalized spacial score (nSPS) is 49.4. The average molecular weight is 443 g/mol. The second-order valence-corrected chi connectivity index (χ2v) is 12.4. The van der Waals surface area contributed by atoms with Gasteiger partial charge in [0.2, 0.25) is 0 Å². The van der Waals surface area contributed by atoms with Gasteiger partial charge in [0.25, 0.3) is 0 Å². The summed E-state index contributed by atoms with van der Waals surface area (Å²) in [5.41, 5.74) is 2.58. The first-order chi connectivity index (χ1) is 15.3. The van der Waals surface area contributed by atoms with Gasteiger partial charge < -0.3 is 19.3 Å². The molecule has 2 unspecified atom stereocenters. The van der Waals surface area contributed by atoms with E-state index in [1.54, 1.807) is 5.57 Å². The third-order valence-electron chi connectivity index (χ3n) is 11.3. The van der Waals surface area contributed by atoms with Gasteiger partial charge >= 0.3 is 6.09 Å². The van der Waals surface area contributed by atoms with E-state index < -0.39 is 0 Å². The summed E-state index contributed by atoms with van der Waals surface area (Å²) in [6.45, 7) is 7.52. The fourth-order valence-corrected chi connectivity index (χ4v) is 9.35. The molecule has 5 heteroatoms. The van der Waals surface area contributed by atoms with Gasteiger partial charge in [0, 0.05) is 25.7 Å². The van der Waals surface area contributed by atoms with Crippen LogP contribution in [0.4, 0.5) is 4.79 Å². The van der Waals surface area contributed by atoms with E-state index in [9.17, 15) is 4.79 Å². The summed E-state index contributed by atoms with van der Waals surface area (Å²) in [6, 6.07) is 1.03. The zero-order chi connectivity index (χ0) is 22.3. The molecule has 0 N–H and O–H groups in total. The van der Waals surface area contributed by atoms with Crippen LogP contribution in [0.1, 0.15) is 65.2 Å². The van der Waals surface area contributed by atoms with Crippen LogP contribution in [0, 0.1) is 34.5 Å². The van der Waals surface area contributed by atoms with Gasteiger partial charge in [0.05, 0.1) is 6.61 Å². The molecular weight excluding hydrogens is 400 g/mol. The lowest BCUT2D eigenvalue weighted by atomic mass is 9.47. The first-order valence-electron chi connectivity index (χ1n) is 13.2. The van der Waals surface area contributed by atoms with Crippen molar-refractivity contribution >= 4 is 6.09 Å². The number of amides is 1. The Morgan fingerprint density at radius 2 is 2.00 bits per heavy atom. The fourth-order valence-electron chi connectivity index (χ4n) is 9.35. The zero-order valence-corrected chi connectivity index (χ0v) is 20.5. The standard InChI is InChI=1S/C27H42N2O3/c1-17-22-7-8-24-21-6-5-18-13-19(29(4)25(30)32-15-20-14-31-20)9-11-26(18,2)23(21)10-12-27(22,24)16-28(17)3/h5,17,19-24H,6-16H2,1-4H3/t17-,19-,20?,21+,22+,23-,24-,26-,27?/m0/s1. The van der Waals surface area contributed by atoms with Crippen LogP contribution in [0.25, 0.3) is 0 Å². The van der Waals surface area contributed by atoms with Gasteiger partial charge in [-0.05, 0) is 99.8 Å². The predicted octanol–water partition coefficient (Wildman–Crippen LogP) is 4.72. The molecule has 0 aromatic rings. The first-order valence-corrected chi connectivity index (χ1v) is 13.2. The highest BCUT2D eigenvalue weighted by Crippen LogP contribution is 2.68. The third-order valence-corrected chi connectivity index (χ3v) is 11.3. The van der Waals surface area contributed by atoms with Gasteiger partial charge in [0.1, 0.15) is 12.7 Å². The van der Waals surface area contributed by atoms with Crippen LogP contribution in [-0.2, 0) is 9.47 Å². The minimum Gasteiger partial charge on any atom is -0.447 e. The molecule has 1 spiro atoms.